The SMILES string of the molecule is CC(C(=O)NCCc1cnc[nH]1)n1c(=O)oc2ccccc21.O=CO. The number of rotatable bonds is 5. The minimum absolute atomic E-state index is 0.229. The molecule has 3 aromatic rings. The number of aromatic amines is 1. The summed E-state index contributed by atoms with van der Waals surface area (Å²) in [5, 5.41) is 9.70. The number of H-pyrrole nitrogens is 1. The first kappa shape index (κ1) is 18.0. The van der Waals surface area contributed by atoms with Crippen LogP contribution in [0, 0.1) is 0 Å². The van der Waals surface area contributed by atoms with Crippen LogP contribution >= 0.6 is 0 Å². The second-order valence-electron chi connectivity index (χ2n) is 5.10. The highest BCUT2D eigenvalue weighted by Gasteiger charge is 2.20. The van der Waals surface area contributed by atoms with Crippen LogP contribution in [0.1, 0.15) is 18.7 Å². The van der Waals surface area contributed by atoms with Crippen molar-refractivity contribution in [2.45, 2.75) is 19.4 Å². The lowest BCUT2D eigenvalue weighted by Crippen LogP contribution is -2.35. The number of amides is 1. The summed E-state index contributed by atoms with van der Waals surface area (Å²) in [5.41, 5.74) is 2.03. The highest BCUT2D eigenvalue weighted by Crippen LogP contribution is 2.16. The Morgan fingerprint density at radius 3 is 2.88 bits per heavy atom. The summed E-state index contributed by atoms with van der Waals surface area (Å²) in [6.07, 6.45) is 3.96. The molecular formula is C16H18N4O5. The number of hydrogen-bond acceptors (Lipinski definition) is 5. The van der Waals surface area contributed by atoms with Gasteiger partial charge < -0.3 is 19.8 Å². The largest absolute Gasteiger partial charge is 0.483 e. The Morgan fingerprint density at radius 2 is 2.20 bits per heavy atom. The van der Waals surface area contributed by atoms with Crippen molar-refractivity contribution in [3.05, 3.63) is 53.0 Å². The highest BCUT2D eigenvalue weighted by atomic mass is 16.4. The minimum Gasteiger partial charge on any atom is -0.483 e. The molecule has 9 nitrogen and oxygen atoms in total. The lowest BCUT2D eigenvalue weighted by atomic mass is 10.2. The van der Waals surface area contributed by atoms with Crippen molar-refractivity contribution in [1.29, 1.82) is 0 Å². The quantitative estimate of drug-likeness (QED) is 0.589. The Bertz CT molecular complexity index is 881. The Morgan fingerprint density at radius 1 is 1.48 bits per heavy atom. The topological polar surface area (TPSA) is 130 Å². The van der Waals surface area contributed by atoms with Gasteiger partial charge in [-0.15, -0.1) is 0 Å². The van der Waals surface area contributed by atoms with Crippen LogP contribution in [0.25, 0.3) is 11.1 Å². The Labute approximate surface area is 142 Å². The number of nitrogens with zero attached hydrogens (tertiary/aromatic N) is 2. The molecule has 0 aliphatic rings. The Hall–Kier alpha value is -3.36. The summed E-state index contributed by atoms with van der Waals surface area (Å²) in [6.45, 7) is 1.89. The second kappa shape index (κ2) is 8.48. The molecule has 3 rings (SSSR count). The van der Waals surface area contributed by atoms with Crippen molar-refractivity contribution in [2.24, 2.45) is 0 Å². The van der Waals surface area contributed by atoms with Gasteiger partial charge in [0.1, 0.15) is 6.04 Å². The molecule has 0 saturated carbocycles. The zero-order valence-corrected chi connectivity index (χ0v) is 13.5. The predicted octanol–water partition coefficient (Wildman–Crippen LogP) is 0.938. The average molecular weight is 346 g/mol. The smallest absolute Gasteiger partial charge is 0.420 e. The highest BCUT2D eigenvalue weighted by molar-refractivity contribution is 5.82. The molecule has 0 radical (unpaired) electrons. The molecule has 1 amide bonds. The average Bonchev–Trinajstić information content (AvgIpc) is 3.21. The summed E-state index contributed by atoms with van der Waals surface area (Å²) in [6, 6.07) is 6.41. The Kier molecular flexibility index (Phi) is 6.10. The number of benzene rings is 1. The summed E-state index contributed by atoms with van der Waals surface area (Å²) in [7, 11) is 0. The number of carbonyl (C=O) groups is 2. The fourth-order valence-electron chi connectivity index (χ4n) is 2.36. The van der Waals surface area contributed by atoms with Crippen LogP contribution < -0.4 is 11.1 Å². The molecule has 0 bridgehead atoms. The van der Waals surface area contributed by atoms with E-state index in [0.717, 1.165) is 5.69 Å². The van der Waals surface area contributed by atoms with Crippen molar-refractivity contribution < 1.29 is 19.1 Å². The van der Waals surface area contributed by atoms with Gasteiger partial charge >= 0.3 is 5.76 Å². The van der Waals surface area contributed by atoms with Gasteiger partial charge in [-0.25, -0.2) is 9.78 Å². The first-order valence-corrected chi connectivity index (χ1v) is 7.51. The lowest BCUT2D eigenvalue weighted by Gasteiger charge is -2.12. The van der Waals surface area contributed by atoms with Gasteiger partial charge in [0.2, 0.25) is 5.91 Å². The van der Waals surface area contributed by atoms with E-state index in [2.05, 4.69) is 15.3 Å². The number of oxazole rings is 1. The van der Waals surface area contributed by atoms with Crippen molar-refractivity contribution in [2.75, 3.05) is 6.54 Å². The number of imidazole rings is 1. The molecule has 0 fully saturated rings. The molecule has 2 heterocycles. The van der Waals surface area contributed by atoms with Gasteiger partial charge in [0.15, 0.2) is 5.58 Å². The fourth-order valence-corrected chi connectivity index (χ4v) is 2.36. The summed E-state index contributed by atoms with van der Waals surface area (Å²) >= 11 is 0. The van der Waals surface area contributed by atoms with Crippen LogP contribution in [0.3, 0.4) is 0 Å². The normalized spacial score (nSPS) is 11.4. The van der Waals surface area contributed by atoms with Gasteiger partial charge in [-0.3, -0.25) is 14.2 Å². The standard InChI is InChI=1S/C15H16N4O3.CH2O2/c1-10(14(20)17-7-6-11-8-16-9-18-11)19-12-4-2-3-5-13(12)22-15(19)21;2-1-3/h2-5,8-10H,6-7H2,1H3,(H,16,18)(H,17,20);1H,(H,2,3). The predicted molar refractivity (Wildman–Crippen MR) is 89.2 cm³/mol. The Balaban J connectivity index is 0.000000701. The number of nitrogens with one attached hydrogen (secondary N) is 2. The van der Waals surface area contributed by atoms with Gasteiger partial charge in [-0.1, -0.05) is 12.1 Å². The van der Waals surface area contributed by atoms with E-state index in [9.17, 15) is 9.59 Å². The van der Waals surface area contributed by atoms with E-state index in [4.69, 9.17) is 14.3 Å². The van der Waals surface area contributed by atoms with Crippen LogP contribution in [0.5, 0.6) is 0 Å². The molecule has 0 saturated heterocycles. The second-order valence-corrected chi connectivity index (χ2v) is 5.10. The monoisotopic (exact) mass is 346 g/mol. The number of fused-ring (bicyclic) bond motifs is 1. The van der Waals surface area contributed by atoms with Gasteiger partial charge in [0, 0.05) is 24.9 Å². The molecule has 2 aromatic heterocycles. The van der Waals surface area contributed by atoms with E-state index in [1.165, 1.54) is 4.57 Å². The molecule has 3 N–H and O–H groups in total. The van der Waals surface area contributed by atoms with Crippen LogP contribution in [-0.4, -0.2) is 38.6 Å². The zero-order chi connectivity index (χ0) is 18.2. The van der Waals surface area contributed by atoms with Crippen LogP contribution in [0.2, 0.25) is 0 Å². The van der Waals surface area contributed by atoms with Gasteiger partial charge in [-0.05, 0) is 19.1 Å². The van der Waals surface area contributed by atoms with Crippen molar-refractivity contribution >= 4 is 23.5 Å². The molecular weight excluding hydrogens is 328 g/mol. The minimum atomic E-state index is -0.641. The third kappa shape index (κ3) is 4.34. The van der Waals surface area contributed by atoms with E-state index < -0.39 is 11.8 Å². The fraction of sp³-hybridized carbons (Fsp3) is 0.250. The van der Waals surface area contributed by atoms with Crippen molar-refractivity contribution in [1.82, 2.24) is 19.9 Å². The van der Waals surface area contributed by atoms with E-state index in [0.29, 0.717) is 24.1 Å². The molecule has 0 spiro atoms. The van der Waals surface area contributed by atoms with Gasteiger partial charge in [0.05, 0.1) is 11.8 Å². The van der Waals surface area contributed by atoms with Gasteiger partial charge in [0.25, 0.3) is 6.47 Å². The first-order valence-electron chi connectivity index (χ1n) is 7.51. The molecule has 9 heteroatoms. The number of para-hydroxylation sites is 2. The zero-order valence-electron chi connectivity index (χ0n) is 13.5. The van der Waals surface area contributed by atoms with Gasteiger partial charge in [-0.2, -0.15) is 0 Å². The molecule has 1 aromatic carbocycles. The van der Waals surface area contributed by atoms with E-state index in [-0.39, 0.29) is 12.4 Å². The lowest BCUT2D eigenvalue weighted by molar-refractivity contribution is -0.124. The maximum Gasteiger partial charge on any atom is 0.420 e. The number of carboxylic acid groups (broad SMARTS) is 1. The molecule has 25 heavy (non-hydrogen) atoms. The van der Waals surface area contributed by atoms with E-state index in [1.54, 1.807) is 43.7 Å². The third-order valence-electron chi connectivity index (χ3n) is 3.53. The van der Waals surface area contributed by atoms with E-state index in [1.807, 2.05) is 0 Å². The molecule has 0 aliphatic carbocycles. The summed E-state index contributed by atoms with van der Waals surface area (Å²) < 4.78 is 6.51. The molecule has 132 valence electrons. The number of carbonyl (C=O) groups excluding carboxylic acids is 1. The molecule has 1 atom stereocenters. The molecule has 1 unspecified atom stereocenters. The van der Waals surface area contributed by atoms with Crippen LogP contribution in [0.4, 0.5) is 0 Å². The van der Waals surface area contributed by atoms with Crippen molar-refractivity contribution in [3.63, 3.8) is 0 Å². The summed E-state index contributed by atoms with van der Waals surface area (Å²) in [5.74, 6) is -0.759. The van der Waals surface area contributed by atoms with Crippen molar-refractivity contribution in [3.8, 4) is 0 Å². The van der Waals surface area contributed by atoms with Crippen LogP contribution in [0.15, 0.2) is 46.0 Å². The van der Waals surface area contributed by atoms with Crippen LogP contribution in [-0.2, 0) is 16.0 Å². The van der Waals surface area contributed by atoms with E-state index >= 15 is 0 Å². The number of hydrogen-bond donors (Lipinski definition) is 3. The first-order chi connectivity index (χ1) is 12.1. The maximum absolute atomic E-state index is 12.2. The summed E-state index contributed by atoms with van der Waals surface area (Å²) in [4.78, 5) is 39.4. The number of aromatic nitrogens is 3. The third-order valence-corrected chi connectivity index (χ3v) is 3.53. The maximum atomic E-state index is 12.2. The molecule has 0 aliphatic heterocycles.